The van der Waals surface area contributed by atoms with Crippen LogP contribution in [-0.4, -0.2) is 56.0 Å². The second-order valence-electron chi connectivity index (χ2n) is 5.63. The summed E-state index contributed by atoms with van der Waals surface area (Å²) in [5, 5.41) is 3.72. The predicted molar refractivity (Wildman–Crippen MR) is 63.2 cm³/mol. The van der Waals surface area contributed by atoms with Gasteiger partial charge in [0.25, 0.3) is 0 Å². The van der Waals surface area contributed by atoms with Crippen molar-refractivity contribution in [2.24, 2.45) is 0 Å². The van der Waals surface area contributed by atoms with E-state index in [2.05, 4.69) is 10.2 Å². The van der Waals surface area contributed by atoms with E-state index in [0.717, 1.165) is 25.7 Å². The molecule has 3 saturated heterocycles. The monoisotopic (exact) mass is 244 g/mol. The van der Waals surface area contributed by atoms with Crippen molar-refractivity contribution in [3.63, 3.8) is 0 Å². The molecule has 3 rings (SSSR count). The lowest BCUT2D eigenvalue weighted by Gasteiger charge is -2.35. The molecular weight excluding hydrogens is 224 g/mol. The first-order chi connectivity index (χ1) is 7.57. The Kier molecular flexibility index (Phi) is 2.53. The second-order valence-corrected chi connectivity index (χ2v) is 7.93. The van der Waals surface area contributed by atoms with Crippen molar-refractivity contribution in [3.8, 4) is 0 Å². The maximum Gasteiger partial charge on any atom is 0.152 e. The molecule has 5 heteroatoms. The Labute approximate surface area is 97.3 Å². The number of sulfone groups is 1. The molecule has 4 nitrogen and oxygen atoms in total. The molecule has 3 heterocycles. The maximum absolute atomic E-state index is 11.3. The molecular formula is C11H20N2O2S. The standard InChI is InChI=1S/C11H20N2O2S/c14-16(15)7-5-13(6-8-16)9-11-3-1-10(12-11)2-4-11/h10,12H,1-9H2. The third kappa shape index (κ3) is 2.00. The van der Waals surface area contributed by atoms with Crippen LogP contribution in [0, 0.1) is 0 Å². The number of hydrogen-bond donors (Lipinski definition) is 1. The molecule has 0 aromatic heterocycles. The molecule has 0 aromatic rings. The van der Waals surface area contributed by atoms with Crippen molar-refractivity contribution < 1.29 is 8.42 Å². The summed E-state index contributed by atoms with van der Waals surface area (Å²) >= 11 is 0. The van der Waals surface area contributed by atoms with E-state index >= 15 is 0 Å². The van der Waals surface area contributed by atoms with Crippen molar-refractivity contribution >= 4 is 9.84 Å². The van der Waals surface area contributed by atoms with Crippen LogP contribution in [0.25, 0.3) is 0 Å². The van der Waals surface area contributed by atoms with Gasteiger partial charge in [0.15, 0.2) is 9.84 Å². The molecule has 92 valence electrons. The smallest absolute Gasteiger partial charge is 0.152 e. The lowest BCUT2D eigenvalue weighted by Crippen LogP contribution is -2.51. The molecule has 2 bridgehead atoms. The molecule has 0 amide bonds. The molecule has 0 spiro atoms. The summed E-state index contributed by atoms with van der Waals surface area (Å²) < 4.78 is 22.7. The number of nitrogens with zero attached hydrogens (tertiary/aromatic N) is 1. The molecule has 1 N–H and O–H groups in total. The fourth-order valence-corrected chi connectivity index (χ4v) is 4.71. The van der Waals surface area contributed by atoms with Gasteiger partial charge >= 0.3 is 0 Å². The largest absolute Gasteiger partial charge is 0.307 e. The third-order valence-electron chi connectivity index (χ3n) is 4.42. The van der Waals surface area contributed by atoms with Crippen molar-refractivity contribution in [2.75, 3.05) is 31.1 Å². The van der Waals surface area contributed by atoms with Crippen LogP contribution >= 0.6 is 0 Å². The van der Waals surface area contributed by atoms with Gasteiger partial charge in [-0.15, -0.1) is 0 Å². The van der Waals surface area contributed by atoms with Gasteiger partial charge in [0.05, 0.1) is 11.5 Å². The molecule has 3 aliphatic heterocycles. The lowest BCUT2D eigenvalue weighted by molar-refractivity contribution is 0.208. The average molecular weight is 244 g/mol. The second kappa shape index (κ2) is 3.68. The Balaban J connectivity index is 1.60. The van der Waals surface area contributed by atoms with Crippen LogP contribution in [0.2, 0.25) is 0 Å². The number of rotatable bonds is 2. The van der Waals surface area contributed by atoms with Crippen LogP contribution in [0.1, 0.15) is 25.7 Å². The summed E-state index contributed by atoms with van der Waals surface area (Å²) in [7, 11) is -2.73. The molecule has 0 aliphatic carbocycles. The van der Waals surface area contributed by atoms with Crippen LogP contribution in [0.3, 0.4) is 0 Å². The van der Waals surface area contributed by atoms with Crippen LogP contribution in [0.5, 0.6) is 0 Å². The summed E-state index contributed by atoms with van der Waals surface area (Å²) in [4.78, 5) is 2.34. The minimum Gasteiger partial charge on any atom is -0.307 e. The maximum atomic E-state index is 11.3. The van der Waals surface area contributed by atoms with Gasteiger partial charge in [-0.1, -0.05) is 0 Å². The topological polar surface area (TPSA) is 49.4 Å². The SMILES string of the molecule is O=S1(=O)CCN(CC23CCC(CC2)N3)CC1. The number of fused-ring (bicyclic) bond motifs is 2. The van der Waals surface area contributed by atoms with Gasteiger partial charge in [-0.25, -0.2) is 8.42 Å². The van der Waals surface area contributed by atoms with E-state index in [1.807, 2.05) is 0 Å². The van der Waals surface area contributed by atoms with Gasteiger partial charge in [-0.3, -0.25) is 4.90 Å². The Morgan fingerprint density at radius 3 is 2.31 bits per heavy atom. The fraction of sp³-hybridized carbons (Fsp3) is 1.00. The van der Waals surface area contributed by atoms with E-state index < -0.39 is 9.84 Å². The van der Waals surface area contributed by atoms with E-state index in [0.29, 0.717) is 17.0 Å². The fourth-order valence-electron chi connectivity index (χ4n) is 3.43. The Morgan fingerprint density at radius 2 is 1.81 bits per heavy atom. The highest BCUT2D eigenvalue weighted by molar-refractivity contribution is 7.91. The highest BCUT2D eigenvalue weighted by Gasteiger charge is 2.45. The molecule has 0 aromatic carbocycles. The van der Waals surface area contributed by atoms with Crippen molar-refractivity contribution in [2.45, 2.75) is 37.3 Å². The van der Waals surface area contributed by atoms with Crippen LogP contribution in [-0.2, 0) is 9.84 Å². The summed E-state index contributed by atoms with van der Waals surface area (Å²) in [6.07, 6.45) is 5.18. The van der Waals surface area contributed by atoms with Gasteiger partial charge in [0.1, 0.15) is 0 Å². The van der Waals surface area contributed by atoms with Gasteiger partial charge in [0.2, 0.25) is 0 Å². The normalized spacial score (nSPS) is 42.6. The van der Waals surface area contributed by atoms with Crippen LogP contribution in [0.15, 0.2) is 0 Å². The average Bonchev–Trinajstić information content (AvgIpc) is 2.81. The van der Waals surface area contributed by atoms with Gasteiger partial charge in [-0.05, 0) is 25.7 Å². The summed E-state index contributed by atoms with van der Waals surface area (Å²) in [6, 6.07) is 0.744. The quantitative estimate of drug-likeness (QED) is 0.743. The zero-order valence-electron chi connectivity index (χ0n) is 9.61. The Morgan fingerprint density at radius 1 is 1.19 bits per heavy atom. The summed E-state index contributed by atoms with van der Waals surface area (Å²) in [5.41, 5.74) is 0.325. The number of hydrogen-bond acceptors (Lipinski definition) is 4. The minimum atomic E-state index is -2.73. The predicted octanol–water partition coefficient (Wildman–Crippen LogP) is 0.00140. The van der Waals surface area contributed by atoms with E-state index in [1.165, 1.54) is 25.7 Å². The molecule has 0 radical (unpaired) electrons. The number of nitrogens with one attached hydrogen (secondary N) is 1. The summed E-state index contributed by atoms with van der Waals surface area (Å²) in [6.45, 7) is 2.52. The molecule has 0 unspecified atom stereocenters. The highest BCUT2D eigenvalue weighted by Crippen LogP contribution is 2.38. The van der Waals surface area contributed by atoms with Crippen molar-refractivity contribution in [1.82, 2.24) is 10.2 Å². The van der Waals surface area contributed by atoms with Crippen molar-refractivity contribution in [3.05, 3.63) is 0 Å². The van der Waals surface area contributed by atoms with E-state index in [9.17, 15) is 8.42 Å². The van der Waals surface area contributed by atoms with Crippen LogP contribution < -0.4 is 5.32 Å². The van der Waals surface area contributed by atoms with E-state index in [-0.39, 0.29) is 0 Å². The first-order valence-electron chi connectivity index (χ1n) is 6.28. The van der Waals surface area contributed by atoms with Crippen LogP contribution in [0.4, 0.5) is 0 Å². The van der Waals surface area contributed by atoms with Crippen molar-refractivity contribution in [1.29, 1.82) is 0 Å². The Bertz CT molecular complexity index is 357. The van der Waals surface area contributed by atoms with Gasteiger partial charge in [0, 0.05) is 31.2 Å². The minimum absolute atomic E-state index is 0.325. The zero-order valence-corrected chi connectivity index (χ0v) is 10.4. The first-order valence-corrected chi connectivity index (χ1v) is 8.10. The van der Waals surface area contributed by atoms with Gasteiger partial charge in [-0.2, -0.15) is 0 Å². The molecule has 3 aliphatic rings. The molecule has 3 fully saturated rings. The highest BCUT2D eigenvalue weighted by atomic mass is 32.2. The zero-order chi connectivity index (χ0) is 11.2. The third-order valence-corrected chi connectivity index (χ3v) is 6.03. The van der Waals surface area contributed by atoms with E-state index in [1.54, 1.807) is 0 Å². The van der Waals surface area contributed by atoms with Gasteiger partial charge < -0.3 is 5.32 Å². The molecule has 0 atom stereocenters. The first kappa shape index (κ1) is 11.0. The lowest BCUT2D eigenvalue weighted by atomic mass is 9.87. The van der Waals surface area contributed by atoms with E-state index in [4.69, 9.17) is 0 Å². The Hall–Kier alpha value is -0.130. The molecule has 0 saturated carbocycles. The molecule has 16 heavy (non-hydrogen) atoms. The summed E-state index contributed by atoms with van der Waals surface area (Å²) in [5.74, 6) is 0.707.